The Hall–Kier alpha value is -3.46. The largest absolute Gasteiger partial charge is 0.463 e. The first-order valence-corrected chi connectivity index (χ1v) is 9.26. The lowest BCUT2D eigenvalue weighted by molar-refractivity contribution is -0.384. The molecule has 0 atom stereocenters. The summed E-state index contributed by atoms with van der Waals surface area (Å²) in [6.07, 6.45) is 1.58. The molecule has 1 aromatic carbocycles. The molecule has 1 aliphatic rings. The summed E-state index contributed by atoms with van der Waals surface area (Å²) < 4.78 is 5.31. The highest BCUT2D eigenvalue weighted by Crippen LogP contribution is 2.25. The second kappa shape index (κ2) is 7.88. The Morgan fingerprint density at radius 2 is 1.90 bits per heavy atom. The van der Waals surface area contributed by atoms with Crippen LogP contribution in [0.5, 0.6) is 0 Å². The second-order valence-electron chi connectivity index (χ2n) is 6.45. The van der Waals surface area contributed by atoms with E-state index >= 15 is 0 Å². The number of carbonyl (C=O) groups excluding carboxylic acids is 1. The minimum atomic E-state index is -0.545. The summed E-state index contributed by atoms with van der Waals surface area (Å²) in [6.45, 7) is 2.14. The number of carbonyl (C=O) groups is 1. The molecule has 2 aromatic heterocycles. The maximum Gasteiger partial charge on any atom is 0.270 e. The molecule has 148 valence electrons. The normalized spacial score (nSPS) is 14.1. The van der Waals surface area contributed by atoms with Crippen LogP contribution in [0.1, 0.15) is 10.4 Å². The number of hydrogen-bond acceptors (Lipinski definition) is 7. The van der Waals surface area contributed by atoms with Gasteiger partial charge >= 0.3 is 0 Å². The minimum absolute atomic E-state index is 0.0750. The molecule has 0 radical (unpaired) electrons. The van der Waals surface area contributed by atoms with E-state index in [1.165, 1.54) is 18.2 Å². The predicted molar refractivity (Wildman–Crippen MR) is 106 cm³/mol. The zero-order valence-electron chi connectivity index (χ0n) is 15.2. The fourth-order valence-electron chi connectivity index (χ4n) is 3.15. The van der Waals surface area contributed by atoms with Gasteiger partial charge in [-0.25, -0.2) is 0 Å². The van der Waals surface area contributed by atoms with Crippen LogP contribution in [0.2, 0.25) is 5.02 Å². The Labute approximate surface area is 170 Å². The topological polar surface area (TPSA) is 106 Å². The average molecular weight is 414 g/mol. The third-order valence-electron chi connectivity index (χ3n) is 4.71. The molecule has 0 aliphatic carbocycles. The maximum atomic E-state index is 12.7. The van der Waals surface area contributed by atoms with Crippen molar-refractivity contribution in [3.8, 4) is 11.5 Å². The fourth-order valence-corrected chi connectivity index (χ4v) is 3.41. The molecular weight excluding hydrogens is 398 g/mol. The molecule has 1 aliphatic heterocycles. The van der Waals surface area contributed by atoms with Crippen LogP contribution in [0, 0.1) is 10.1 Å². The molecule has 0 saturated carbocycles. The van der Waals surface area contributed by atoms with Crippen molar-refractivity contribution in [1.29, 1.82) is 0 Å². The van der Waals surface area contributed by atoms with Crippen molar-refractivity contribution in [2.24, 2.45) is 0 Å². The molecule has 4 rings (SSSR count). The highest BCUT2D eigenvalue weighted by Gasteiger charge is 2.25. The molecule has 29 heavy (non-hydrogen) atoms. The monoisotopic (exact) mass is 413 g/mol. The smallest absolute Gasteiger partial charge is 0.270 e. The van der Waals surface area contributed by atoms with Gasteiger partial charge in [0.1, 0.15) is 5.69 Å². The third-order valence-corrected chi connectivity index (χ3v) is 5.02. The van der Waals surface area contributed by atoms with Gasteiger partial charge in [0, 0.05) is 38.3 Å². The number of halogens is 1. The van der Waals surface area contributed by atoms with E-state index in [-0.39, 0.29) is 22.2 Å². The lowest BCUT2D eigenvalue weighted by atomic mass is 10.1. The molecule has 1 amide bonds. The summed E-state index contributed by atoms with van der Waals surface area (Å²) in [6, 6.07) is 11.2. The molecule has 10 heteroatoms. The third kappa shape index (κ3) is 3.90. The van der Waals surface area contributed by atoms with Gasteiger partial charge in [0.15, 0.2) is 11.6 Å². The van der Waals surface area contributed by atoms with Crippen molar-refractivity contribution < 1.29 is 14.1 Å². The molecule has 0 N–H and O–H groups in total. The number of hydrogen-bond donors (Lipinski definition) is 0. The van der Waals surface area contributed by atoms with Gasteiger partial charge < -0.3 is 14.2 Å². The number of benzene rings is 1. The quantitative estimate of drug-likeness (QED) is 0.477. The van der Waals surface area contributed by atoms with Crippen LogP contribution in [-0.4, -0.2) is 52.1 Å². The Morgan fingerprint density at radius 3 is 2.48 bits per heavy atom. The van der Waals surface area contributed by atoms with Crippen molar-refractivity contribution in [2.75, 3.05) is 31.1 Å². The Kier molecular flexibility index (Phi) is 5.13. The van der Waals surface area contributed by atoms with E-state index in [4.69, 9.17) is 16.0 Å². The lowest BCUT2D eigenvalue weighted by Crippen LogP contribution is -2.49. The van der Waals surface area contributed by atoms with E-state index in [1.807, 2.05) is 23.1 Å². The van der Waals surface area contributed by atoms with Gasteiger partial charge in [-0.2, -0.15) is 0 Å². The van der Waals surface area contributed by atoms with E-state index < -0.39 is 4.92 Å². The second-order valence-corrected chi connectivity index (χ2v) is 6.86. The Morgan fingerprint density at radius 1 is 1.10 bits per heavy atom. The SMILES string of the molecule is O=C(c1ccc([N+](=O)[O-])cc1Cl)N1CCN(c2ccc(-c3ccco3)nn2)CC1. The van der Waals surface area contributed by atoms with Gasteiger partial charge in [-0.05, 0) is 30.3 Å². The van der Waals surface area contributed by atoms with Crippen molar-refractivity contribution >= 4 is 29.0 Å². The molecule has 0 unspecified atom stereocenters. The Bertz CT molecular complexity index is 1030. The number of non-ortho nitro benzene ring substituents is 1. The summed E-state index contributed by atoms with van der Waals surface area (Å²) in [5.74, 6) is 1.13. The van der Waals surface area contributed by atoms with Crippen LogP contribution in [0.3, 0.4) is 0 Å². The first-order valence-electron chi connectivity index (χ1n) is 8.89. The number of piperazine rings is 1. The summed E-state index contributed by atoms with van der Waals surface area (Å²) in [7, 11) is 0. The molecule has 3 aromatic rings. The predicted octanol–water partition coefficient (Wildman–Crippen LogP) is 3.26. The van der Waals surface area contributed by atoms with Gasteiger partial charge in [0.2, 0.25) is 0 Å². The average Bonchev–Trinajstić information content (AvgIpc) is 3.28. The van der Waals surface area contributed by atoms with E-state index in [1.54, 1.807) is 17.2 Å². The number of nitro benzene ring substituents is 1. The lowest BCUT2D eigenvalue weighted by Gasteiger charge is -2.35. The summed E-state index contributed by atoms with van der Waals surface area (Å²) in [5, 5.41) is 19.3. The van der Waals surface area contributed by atoms with E-state index in [9.17, 15) is 14.9 Å². The summed E-state index contributed by atoms with van der Waals surface area (Å²) in [4.78, 5) is 26.7. The molecule has 1 fully saturated rings. The van der Waals surface area contributed by atoms with Crippen molar-refractivity contribution in [3.05, 3.63) is 69.4 Å². The molecular formula is C19H16ClN5O4. The fraction of sp³-hybridized carbons (Fsp3) is 0.211. The molecule has 0 bridgehead atoms. The van der Waals surface area contributed by atoms with Crippen LogP contribution < -0.4 is 4.90 Å². The molecule has 0 spiro atoms. The van der Waals surface area contributed by atoms with Gasteiger partial charge in [-0.1, -0.05) is 11.6 Å². The van der Waals surface area contributed by atoms with Crippen LogP contribution in [0.15, 0.2) is 53.1 Å². The molecule has 3 heterocycles. The summed E-state index contributed by atoms with van der Waals surface area (Å²) in [5.41, 5.74) is 0.765. The number of aromatic nitrogens is 2. The maximum absolute atomic E-state index is 12.7. The van der Waals surface area contributed by atoms with Crippen molar-refractivity contribution in [1.82, 2.24) is 15.1 Å². The van der Waals surface area contributed by atoms with Gasteiger partial charge in [-0.15, -0.1) is 10.2 Å². The number of nitrogens with zero attached hydrogens (tertiary/aromatic N) is 5. The van der Waals surface area contributed by atoms with Crippen LogP contribution in [0.25, 0.3) is 11.5 Å². The number of rotatable bonds is 4. The highest BCUT2D eigenvalue weighted by molar-refractivity contribution is 6.34. The van der Waals surface area contributed by atoms with Gasteiger partial charge in [0.05, 0.1) is 21.8 Å². The summed E-state index contributed by atoms with van der Waals surface area (Å²) >= 11 is 6.08. The zero-order valence-corrected chi connectivity index (χ0v) is 16.0. The van der Waals surface area contributed by atoms with Crippen molar-refractivity contribution in [2.45, 2.75) is 0 Å². The van der Waals surface area contributed by atoms with Crippen molar-refractivity contribution in [3.63, 3.8) is 0 Å². The molecule has 1 saturated heterocycles. The van der Waals surface area contributed by atoms with E-state index in [0.29, 0.717) is 37.6 Å². The van der Waals surface area contributed by atoms with Gasteiger partial charge in [0.25, 0.3) is 11.6 Å². The van der Waals surface area contributed by atoms with E-state index in [2.05, 4.69) is 10.2 Å². The first-order chi connectivity index (χ1) is 14.0. The van der Waals surface area contributed by atoms with Crippen LogP contribution >= 0.6 is 11.6 Å². The minimum Gasteiger partial charge on any atom is -0.463 e. The highest BCUT2D eigenvalue weighted by atomic mass is 35.5. The number of furan rings is 1. The zero-order chi connectivity index (χ0) is 20.4. The van der Waals surface area contributed by atoms with Crippen LogP contribution in [0.4, 0.5) is 11.5 Å². The van der Waals surface area contributed by atoms with E-state index in [0.717, 1.165) is 5.82 Å². The van der Waals surface area contributed by atoms with Gasteiger partial charge in [-0.3, -0.25) is 14.9 Å². The first kappa shape index (κ1) is 18.9. The van der Waals surface area contributed by atoms with Crippen LogP contribution in [-0.2, 0) is 0 Å². The standard InChI is InChI=1S/C19H16ClN5O4/c20-15-12-13(25(27)28)3-4-14(15)19(26)24-9-7-23(8-10-24)18-6-5-16(21-22-18)17-2-1-11-29-17/h1-6,11-12H,7-10H2. The molecule has 9 nitrogen and oxygen atoms in total. The Balaban J connectivity index is 1.40. The number of anilines is 1. The number of amides is 1. The number of nitro groups is 1.